The van der Waals surface area contributed by atoms with Crippen molar-refractivity contribution in [1.29, 1.82) is 0 Å². The molecule has 0 radical (unpaired) electrons. The van der Waals surface area contributed by atoms with Gasteiger partial charge in [-0.3, -0.25) is 9.89 Å². The number of hydrogen-bond acceptors (Lipinski definition) is 2. The largest absolute Gasteiger partial charge is 0.401 e. The van der Waals surface area contributed by atoms with Crippen LogP contribution in [0.25, 0.3) is 0 Å². The minimum atomic E-state index is -4.08. The Balaban J connectivity index is 1.70. The molecule has 1 N–H and O–H groups in total. The van der Waals surface area contributed by atoms with Crippen molar-refractivity contribution < 1.29 is 13.2 Å². The van der Waals surface area contributed by atoms with Gasteiger partial charge in [0.05, 0.1) is 6.54 Å². The molecule has 2 rings (SSSR count). The predicted octanol–water partition coefficient (Wildman–Crippen LogP) is 2.71. The molecule has 2 saturated heterocycles. The Labute approximate surface area is 137 Å². The summed E-state index contributed by atoms with van der Waals surface area (Å²) in [4.78, 5) is 8.53. The molecule has 0 atom stereocenters. The molecule has 0 bridgehead atoms. The molecule has 2 heterocycles. The number of nitrogens with one attached hydrogen (secondary N) is 1. The number of rotatable bonds is 5. The van der Waals surface area contributed by atoms with Crippen LogP contribution >= 0.6 is 0 Å². The van der Waals surface area contributed by atoms with Crippen LogP contribution in [0.2, 0.25) is 0 Å². The average Bonchev–Trinajstić information content (AvgIpc) is 3.01. The zero-order valence-corrected chi connectivity index (χ0v) is 14.0. The van der Waals surface area contributed by atoms with Crippen LogP contribution in [0.3, 0.4) is 0 Å². The number of guanidine groups is 1. The topological polar surface area (TPSA) is 30.9 Å². The molecule has 2 fully saturated rings. The van der Waals surface area contributed by atoms with Gasteiger partial charge in [0.15, 0.2) is 5.96 Å². The summed E-state index contributed by atoms with van der Waals surface area (Å²) in [5, 5.41) is 3.34. The maximum Gasteiger partial charge on any atom is 0.401 e. The van der Waals surface area contributed by atoms with Crippen molar-refractivity contribution in [1.82, 2.24) is 15.1 Å². The maximum atomic E-state index is 12.4. The molecule has 0 amide bonds. The first kappa shape index (κ1) is 18.4. The van der Waals surface area contributed by atoms with Crippen molar-refractivity contribution in [2.75, 3.05) is 45.8 Å². The average molecular weight is 334 g/mol. The van der Waals surface area contributed by atoms with E-state index in [0.717, 1.165) is 51.4 Å². The number of aliphatic imine (C=N–C) groups is 1. The number of alkyl halides is 3. The number of piperidine rings is 1. The predicted molar refractivity (Wildman–Crippen MR) is 86.6 cm³/mol. The van der Waals surface area contributed by atoms with Crippen molar-refractivity contribution >= 4 is 5.96 Å². The van der Waals surface area contributed by atoms with E-state index in [9.17, 15) is 13.2 Å². The third-order valence-corrected chi connectivity index (χ3v) is 4.65. The van der Waals surface area contributed by atoms with E-state index in [4.69, 9.17) is 4.99 Å². The molecule has 0 saturated carbocycles. The van der Waals surface area contributed by atoms with E-state index >= 15 is 0 Å². The molecular formula is C16H29F3N4. The molecule has 23 heavy (non-hydrogen) atoms. The van der Waals surface area contributed by atoms with Crippen LogP contribution in [0.4, 0.5) is 13.2 Å². The monoisotopic (exact) mass is 334 g/mol. The molecule has 0 spiro atoms. The fourth-order valence-corrected chi connectivity index (χ4v) is 3.39. The SMILES string of the molecule is CCNC(=NCCC1CCN(CC(F)(F)F)CC1)N1CCCC1. The molecular weight excluding hydrogens is 305 g/mol. The van der Waals surface area contributed by atoms with Crippen LogP contribution < -0.4 is 5.32 Å². The van der Waals surface area contributed by atoms with Gasteiger partial charge in [0.1, 0.15) is 0 Å². The zero-order chi connectivity index (χ0) is 16.7. The molecule has 0 aromatic rings. The third-order valence-electron chi connectivity index (χ3n) is 4.65. The first-order valence-corrected chi connectivity index (χ1v) is 8.80. The van der Waals surface area contributed by atoms with E-state index in [1.165, 1.54) is 17.7 Å². The van der Waals surface area contributed by atoms with Crippen LogP contribution in [0.5, 0.6) is 0 Å². The number of hydrogen-bond donors (Lipinski definition) is 1. The lowest BCUT2D eigenvalue weighted by Crippen LogP contribution is -2.40. The number of nitrogens with zero attached hydrogens (tertiary/aromatic N) is 3. The normalized spacial score (nSPS) is 21.9. The van der Waals surface area contributed by atoms with Crippen LogP contribution in [0.15, 0.2) is 4.99 Å². The van der Waals surface area contributed by atoms with Gasteiger partial charge in [-0.25, -0.2) is 0 Å². The second-order valence-corrected chi connectivity index (χ2v) is 6.55. The van der Waals surface area contributed by atoms with Gasteiger partial charge in [0.2, 0.25) is 0 Å². The highest BCUT2D eigenvalue weighted by atomic mass is 19.4. The molecule has 0 aromatic carbocycles. The Bertz CT molecular complexity index is 370. The molecule has 134 valence electrons. The Morgan fingerprint density at radius 3 is 2.35 bits per heavy atom. The van der Waals surface area contributed by atoms with Crippen molar-refractivity contribution in [3.8, 4) is 0 Å². The molecule has 4 nitrogen and oxygen atoms in total. The quantitative estimate of drug-likeness (QED) is 0.619. The van der Waals surface area contributed by atoms with Gasteiger partial charge in [0, 0.05) is 26.2 Å². The van der Waals surface area contributed by atoms with E-state index in [0.29, 0.717) is 19.0 Å². The molecule has 0 aromatic heterocycles. The van der Waals surface area contributed by atoms with Gasteiger partial charge in [-0.2, -0.15) is 13.2 Å². The molecule has 0 unspecified atom stereocenters. The Morgan fingerprint density at radius 2 is 1.78 bits per heavy atom. The van der Waals surface area contributed by atoms with E-state index in [1.54, 1.807) is 0 Å². The molecule has 7 heteroatoms. The van der Waals surface area contributed by atoms with Gasteiger partial charge in [-0.05, 0) is 58.0 Å². The third kappa shape index (κ3) is 6.57. The fourth-order valence-electron chi connectivity index (χ4n) is 3.39. The highest BCUT2D eigenvalue weighted by molar-refractivity contribution is 5.80. The van der Waals surface area contributed by atoms with E-state index < -0.39 is 12.7 Å². The lowest BCUT2D eigenvalue weighted by Gasteiger charge is -2.32. The molecule has 2 aliphatic rings. The molecule has 0 aliphatic carbocycles. The summed E-state index contributed by atoms with van der Waals surface area (Å²) >= 11 is 0. The van der Waals surface area contributed by atoms with Crippen molar-refractivity contribution in [3.63, 3.8) is 0 Å². The Hall–Kier alpha value is -0.980. The summed E-state index contributed by atoms with van der Waals surface area (Å²) in [7, 11) is 0. The van der Waals surface area contributed by atoms with Crippen LogP contribution in [-0.2, 0) is 0 Å². The lowest BCUT2D eigenvalue weighted by molar-refractivity contribution is -0.148. The summed E-state index contributed by atoms with van der Waals surface area (Å²) in [5.41, 5.74) is 0. The van der Waals surface area contributed by atoms with Crippen molar-refractivity contribution in [2.45, 2.75) is 45.2 Å². The minimum Gasteiger partial charge on any atom is -0.357 e. The zero-order valence-electron chi connectivity index (χ0n) is 14.0. The van der Waals surface area contributed by atoms with Gasteiger partial charge in [0.25, 0.3) is 0 Å². The van der Waals surface area contributed by atoms with Crippen molar-refractivity contribution in [2.24, 2.45) is 10.9 Å². The van der Waals surface area contributed by atoms with Crippen molar-refractivity contribution in [3.05, 3.63) is 0 Å². The second-order valence-electron chi connectivity index (χ2n) is 6.55. The number of likely N-dealkylation sites (tertiary alicyclic amines) is 2. The summed E-state index contributed by atoms with van der Waals surface area (Å²) < 4.78 is 37.1. The lowest BCUT2D eigenvalue weighted by atomic mass is 9.93. The van der Waals surface area contributed by atoms with Crippen LogP contribution in [0.1, 0.15) is 39.0 Å². The van der Waals surface area contributed by atoms with Gasteiger partial charge in [-0.1, -0.05) is 0 Å². The van der Waals surface area contributed by atoms with Crippen LogP contribution in [0, 0.1) is 5.92 Å². The number of halogens is 3. The second kappa shape index (κ2) is 8.76. The summed E-state index contributed by atoms with van der Waals surface area (Å²) in [6.07, 6.45) is 1.05. The van der Waals surface area contributed by atoms with E-state index in [2.05, 4.69) is 17.1 Å². The minimum absolute atomic E-state index is 0.504. The standard InChI is InChI=1S/C16H29F3N4/c1-2-20-15(23-9-3-4-10-23)21-8-5-14-6-11-22(12-7-14)13-16(17,18)19/h14H,2-13H2,1H3,(H,20,21). The Morgan fingerprint density at radius 1 is 1.13 bits per heavy atom. The summed E-state index contributed by atoms with van der Waals surface area (Å²) in [5.74, 6) is 1.50. The smallest absolute Gasteiger partial charge is 0.357 e. The van der Waals surface area contributed by atoms with Crippen LogP contribution in [-0.4, -0.2) is 67.7 Å². The summed E-state index contributed by atoms with van der Waals surface area (Å²) in [6, 6.07) is 0. The highest BCUT2D eigenvalue weighted by Crippen LogP contribution is 2.24. The van der Waals surface area contributed by atoms with Gasteiger partial charge >= 0.3 is 6.18 Å². The van der Waals surface area contributed by atoms with E-state index in [-0.39, 0.29) is 0 Å². The van der Waals surface area contributed by atoms with E-state index in [1.807, 2.05) is 0 Å². The molecule has 2 aliphatic heterocycles. The fraction of sp³-hybridized carbons (Fsp3) is 0.938. The van der Waals surface area contributed by atoms with Gasteiger partial charge < -0.3 is 10.2 Å². The first-order valence-electron chi connectivity index (χ1n) is 8.80. The summed E-state index contributed by atoms with van der Waals surface area (Å²) in [6.45, 7) is 6.19. The maximum absolute atomic E-state index is 12.4. The first-order chi connectivity index (χ1) is 11.0. The van der Waals surface area contributed by atoms with Gasteiger partial charge in [-0.15, -0.1) is 0 Å². The Kier molecular flexibility index (Phi) is 6.99. The highest BCUT2D eigenvalue weighted by Gasteiger charge is 2.32.